The number of nitrogens with two attached hydrogens (primary N) is 1. The molecular weight excluding hydrogens is 260 g/mol. The van der Waals surface area contributed by atoms with Crippen LogP contribution in [0.15, 0.2) is 36.5 Å². The number of fused-ring (bicyclic) bond motifs is 1. The Morgan fingerprint density at radius 3 is 2.57 bits per heavy atom. The molecule has 1 aromatic carbocycles. The first-order valence-corrected chi connectivity index (χ1v) is 7.22. The third-order valence-corrected chi connectivity index (χ3v) is 3.74. The van der Waals surface area contributed by atoms with Crippen LogP contribution in [0.5, 0.6) is 0 Å². The lowest BCUT2D eigenvalue weighted by Gasteiger charge is -2.09. The molecule has 2 heterocycles. The minimum Gasteiger partial charge on any atom is -0.369 e. The van der Waals surface area contributed by atoms with Crippen LogP contribution in [0.2, 0.25) is 0 Å². The molecule has 0 spiro atoms. The molecule has 21 heavy (non-hydrogen) atoms. The van der Waals surface area contributed by atoms with Crippen LogP contribution < -0.4 is 5.73 Å². The average molecular weight is 280 g/mol. The quantitative estimate of drug-likeness (QED) is 0.799. The number of nitrogens with zero attached hydrogens (tertiary/aromatic N) is 3. The molecule has 0 saturated heterocycles. The number of nitrogen functional groups attached to an aromatic ring is 1. The van der Waals surface area contributed by atoms with Gasteiger partial charge in [0, 0.05) is 6.20 Å². The van der Waals surface area contributed by atoms with Crippen molar-refractivity contribution in [3.8, 4) is 0 Å². The van der Waals surface area contributed by atoms with Gasteiger partial charge in [0.25, 0.3) is 0 Å². The molecule has 0 aliphatic carbocycles. The van der Waals surface area contributed by atoms with Crippen LogP contribution in [0.4, 0.5) is 5.95 Å². The largest absolute Gasteiger partial charge is 0.369 e. The van der Waals surface area contributed by atoms with Crippen molar-refractivity contribution >= 4 is 17.1 Å². The zero-order valence-corrected chi connectivity index (χ0v) is 12.7. The smallest absolute Gasteiger partial charge is 0.202 e. The third-order valence-electron chi connectivity index (χ3n) is 3.74. The summed E-state index contributed by atoms with van der Waals surface area (Å²) >= 11 is 0. The summed E-state index contributed by atoms with van der Waals surface area (Å²) in [4.78, 5) is 8.86. The van der Waals surface area contributed by atoms with Gasteiger partial charge in [0.2, 0.25) is 5.95 Å². The minimum atomic E-state index is 0.510. The van der Waals surface area contributed by atoms with Crippen molar-refractivity contribution < 1.29 is 0 Å². The molecule has 0 atom stereocenters. The Kier molecular flexibility index (Phi) is 3.37. The van der Waals surface area contributed by atoms with Crippen molar-refractivity contribution in [1.82, 2.24) is 14.5 Å². The summed E-state index contributed by atoms with van der Waals surface area (Å²) in [5.74, 6) is 1.05. The summed E-state index contributed by atoms with van der Waals surface area (Å²) in [7, 11) is 0. The lowest BCUT2D eigenvalue weighted by molar-refractivity contribution is 0.821. The first-order chi connectivity index (χ1) is 10.0. The van der Waals surface area contributed by atoms with Gasteiger partial charge in [-0.1, -0.05) is 38.1 Å². The monoisotopic (exact) mass is 280 g/mol. The fraction of sp³-hybridized carbons (Fsp3) is 0.294. The summed E-state index contributed by atoms with van der Waals surface area (Å²) < 4.78 is 1.96. The molecule has 4 nitrogen and oxygen atoms in total. The SMILES string of the molecule is Cc1cnc2c(c1)nc(N)n2Cc1ccc(C(C)C)cc1. The fourth-order valence-corrected chi connectivity index (χ4v) is 2.48. The van der Waals surface area contributed by atoms with Crippen molar-refractivity contribution in [2.24, 2.45) is 0 Å². The lowest BCUT2D eigenvalue weighted by Crippen LogP contribution is -2.05. The molecule has 3 aromatic rings. The Morgan fingerprint density at radius 1 is 1.19 bits per heavy atom. The van der Waals surface area contributed by atoms with E-state index in [1.165, 1.54) is 11.1 Å². The van der Waals surface area contributed by atoms with Gasteiger partial charge < -0.3 is 5.73 Å². The van der Waals surface area contributed by atoms with Crippen molar-refractivity contribution in [2.75, 3.05) is 5.73 Å². The summed E-state index contributed by atoms with van der Waals surface area (Å²) in [6.07, 6.45) is 1.85. The van der Waals surface area contributed by atoms with Crippen LogP contribution in [0.25, 0.3) is 11.2 Å². The maximum atomic E-state index is 6.04. The molecule has 0 saturated carbocycles. The molecule has 2 aromatic heterocycles. The minimum absolute atomic E-state index is 0.510. The molecule has 4 heteroatoms. The first kappa shape index (κ1) is 13.6. The van der Waals surface area contributed by atoms with Crippen LogP contribution >= 0.6 is 0 Å². The standard InChI is InChI=1S/C17H20N4/c1-11(2)14-6-4-13(5-7-14)10-21-16-15(20-17(21)18)8-12(3)9-19-16/h4-9,11H,10H2,1-3H3,(H2,18,20). The number of anilines is 1. The topological polar surface area (TPSA) is 56.7 Å². The van der Waals surface area contributed by atoms with Gasteiger partial charge >= 0.3 is 0 Å². The van der Waals surface area contributed by atoms with Gasteiger partial charge in [-0.3, -0.25) is 4.57 Å². The maximum Gasteiger partial charge on any atom is 0.202 e. The van der Waals surface area contributed by atoms with Gasteiger partial charge in [0.15, 0.2) is 5.65 Å². The van der Waals surface area contributed by atoms with Gasteiger partial charge in [-0.2, -0.15) is 0 Å². The predicted molar refractivity (Wildman–Crippen MR) is 86.3 cm³/mol. The molecule has 0 unspecified atom stereocenters. The molecule has 3 rings (SSSR count). The molecule has 0 bridgehead atoms. The van der Waals surface area contributed by atoms with E-state index in [1.807, 2.05) is 23.8 Å². The molecular formula is C17H20N4. The second kappa shape index (κ2) is 5.20. The number of hydrogen-bond donors (Lipinski definition) is 1. The van der Waals surface area contributed by atoms with Crippen LogP contribution in [0.1, 0.15) is 36.5 Å². The number of imidazole rings is 1. The summed E-state index contributed by atoms with van der Waals surface area (Å²) in [5, 5.41) is 0. The second-order valence-electron chi connectivity index (χ2n) is 5.81. The van der Waals surface area contributed by atoms with Crippen LogP contribution in [-0.2, 0) is 6.54 Å². The van der Waals surface area contributed by atoms with E-state index in [1.54, 1.807) is 0 Å². The molecule has 0 amide bonds. The van der Waals surface area contributed by atoms with E-state index < -0.39 is 0 Å². The van der Waals surface area contributed by atoms with E-state index in [9.17, 15) is 0 Å². The summed E-state index contributed by atoms with van der Waals surface area (Å²) in [6, 6.07) is 10.7. The van der Waals surface area contributed by atoms with Crippen molar-refractivity contribution in [2.45, 2.75) is 33.2 Å². The van der Waals surface area contributed by atoms with Gasteiger partial charge in [-0.05, 0) is 35.6 Å². The normalized spacial score (nSPS) is 11.4. The van der Waals surface area contributed by atoms with Crippen LogP contribution in [0.3, 0.4) is 0 Å². The fourth-order valence-electron chi connectivity index (χ4n) is 2.48. The molecule has 0 aliphatic heterocycles. The highest BCUT2D eigenvalue weighted by molar-refractivity contribution is 5.74. The Morgan fingerprint density at radius 2 is 1.90 bits per heavy atom. The maximum absolute atomic E-state index is 6.04. The Hall–Kier alpha value is -2.36. The number of aryl methyl sites for hydroxylation is 1. The number of rotatable bonds is 3. The zero-order chi connectivity index (χ0) is 15.0. The highest BCUT2D eigenvalue weighted by Crippen LogP contribution is 2.20. The summed E-state index contributed by atoms with van der Waals surface area (Å²) in [6.45, 7) is 7.09. The number of aromatic nitrogens is 3. The number of pyridine rings is 1. The van der Waals surface area contributed by atoms with Crippen molar-refractivity contribution in [3.63, 3.8) is 0 Å². The van der Waals surface area contributed by atoms with Crippen molar-refractivity contribution in [1.29, 1.82) is 0 Å². The van der Waals surface area contributed by atoms with E-state index in [0.29, 0.717) is 18.4 Å². The Labute approximate surface area is 124 Å². The molecule has 0 fully saturated rings. The predicted octanol–water partition coefficient (Wildman–Crippen LogP) is 3.49. The average Bonchev–Trinajstić information content (AvgIpc) is 2.75. The first-order valence-electron chi connectivity index (χ1n) is 7.22. The van der Waals surface area contributed by atoms with E-state index in [-0.39, 0.29) is 0 Å². The Bertz CT molecular complexity index is 769. The Balaban J connectivity index is 1.96. The van der Waals surface area contributed by atoms with Crippen LogP contribution in [0, 0.1) is 6.92 Å². The van der Waals surface area contributed by atoms with Gasteiger partial charge in [-0.25, -0.2) is 9.97 Å². The van der Waals surface area contributed by atoms with E-state index in [4.69, 9.17) is 5.73 Å². The second-order valence-corrected chi connectivity index (χ2v) is 5.81. The van der Waals surface area contributed by atoms with Crippen LogP contribution in [-0.4, -0.2) is 14.5 Å². The van der Waals surface area contributed by atoms with E-state index in [2.05, 4.69) is 48.1 Å². The van der Waals surface area contributed by atoms with Gasteiger partial charge in [0.05, 0.1) is 6.54 Å². The molecule has 2 N–H and O–H groups in total. The highest BCUT2D eigenvalue weighted by atomic mass is 15.2. The highest BCUT2D eigenvalue weighted by Gasteiger charge is 2.10. The number of benzene rings is 1. The van der Waals surface area contributed by atoms with Gasteiger partial charge in [-0.15, -0.1) is 0 Å². The molecule has 0 aliphatic rings. The summed E-state index contributed by atoms with van der Waals surface area (Å²) in [5.41, 5.74) is 11.4. The number of hydrogen-bond acceptors (Lipinski definition) is 3. The van der Waals surface area contributed by atoms with Crippen molar-refractivity contribution in [3.05, 3.63) is 53.2 Å². The van der Waals surface area contributed by atoms with E-state index in [0.717, 1.165) is 16.7 Å². The zero-order valence-electron chi connectivity index (χ0n) is 12.7. The molecule has 0 radical (unpaired) electrons. The third kappa shape index (κ3) is 2.61. The van der Waals surface area contributed by atoms with E-state index >= 15 is 0 Å². The van der Waals surface area contributed by atoms with Gasteiger partial charge in [0.1, 0.15) is 5.52 Å². The molecule has 108 valence electrons. The lowest BCUT2D eigenvalue weighted by atomic mass is 10.0.